The molecular weight excluding hydrogens is 296 g/mol. The van der Waals surface area contributed by atoms with E-state index >= 15 is 0 Å². The molecule has 0 saturated heterocycles. The van der Waals surface area contributed by atoms with Crippen LogP contribution in [-0.2, 0) is 13.0 Å². The van der Waals surface area contributed by atoms with E-state index in [1.807, 2.05) is 36.6 Å². The van der Waals surface area contributed by atoms with E-state index < -0.39 is 0 Å². The highest BCUT2D eigenvalue weighted by Gasteiger charge is 2.06. The fourth-order valence-corrected chi connectivity index (χ4v) is 2.73. The highest BCUT2D eigenvalue weighted by atomic mass is 32.1. The summed E-state index contributed by atoms with van der Waals surface area (Å²) < 4.78 is 0. The van der Waals surface area contributed by atoms with Crippen LogP contribution < -0.4 is 10.9 Å². The van der Waals surface area contributed by atoms with Crippen molar-refractivity contribution in [3.8, 4) is 0 Å². The number of aromatic amines is 1. The molecule has 2 aromatic heterocycles. The summed E-state index contributed by atoms with van der Waals surface area (Å²) in [6.07, 6.45) is 0.512. The van der Waals surface area contributed by atoms with Crippen LogP contribution in [-0.4, -0.2) is 15.2 Å². The number of thiophene rings is 1. The van der Waals surface area contributed by atoms with Crippen molar-refractivity contribution in [3.63, 3.8) is 0 Å². The molecule has 0 amide bonds. The van der Waals surface area contributed by atoms with Gasteiger partial charge in [0.05, 0.1) is 0 Å². The Labute approximate surface area is 132 Å². The Balaban J connectivity index is 1.66. The molecule has 0 aliphatic rings. The molecule has 0 radical (unpaired) electrons. The van der Waals surface area contributed by atoms with Gasteiger partial charge < -0.3 is 5.32 Å². The maximum absolute atomic E-state index is 12.0. The van der Waals surface area contributed by atoms with Gasteiger partial charge in [0.1, 0.15) is 5.69 Å². The average Bonchev–Trinajstić information content (AvgIpc) is 3.02. The molecule has 0 fully saturated rings. The van der Waals surface area contributed by atoms with Crippen molar-refractivity contribution >= 4 is 17.3 Å². The molecule has 112 valence electrons. The number of hydrogen-bond acceptors (Lipinski definition) is 5. The largest absolute Gasteiger partial charge is 0.350 e. The zero-order valence-electron chi connectivity index (χ0n) is 12.2. The van der Waals surface area contributed by atoms with Crippen LogP contribution >= 0.6 is 11.3 Å². The Kier molecular flexibility index (Phi) is 4.29. The summed E-state index contributed by atoms with van der Waals surface area (Å²) in [6.45, 7) is 2.64. The minimum absolute atomic E-state index is 0.199. The first-order chi connectivity index (χ1) is 10.7. The number of benzene rings is 1. The van der Waals surface area contributed by atoms with Gasteiger partial charge in [-0.25, -0.2) is 0 Å². The van der Waals surface area contributed by atoms with E-state index in [1.165, 1.54) is 5.56 Å². The summed E-state index contributed by atoms with van der Waals surface area (Å²) in [5.41, 5.74) is 2.57. The number of nitrogens with one attached hydrogen (secondary N) is 2. The lowest BCUT2D eigenvalue weighted by atomic mass is 10.1. The minimum atomic E-state index is -0.199. The monoisotopic (exact) mass is 312 g/mol. The van der Waals surface area contributed by atoms with Crippen molar-refractivity contribution in [2.24, 2.45) is 0 Å². The summed E-state index contributed by atoms with van der Waals surface area (Å²) in [7, 11) is 0. The molecule has 22 heavy (non-hydrogen) atoms. The van der Waals surface area contributed by atoms with E-state index in [4.69, 9.17) is 0 Å². The van der Waals surface area contributed by atoms with E-state index in [1.54, 1.807) is 11.3 Å². The van der Waals surface area contributed by atoms with Crippen molar-refractivity contribution in [1.29, 1.82) is 0 Å². The lowest BCUT2D eigenvalue weighted by Crippen LogP contribution is -2.19. The zero-order valence-corrected chi connectivity index (χ0v) is 13.0. The molecule has 0 bridgehead atoms. The molecule has 0 aliphatic heterocycles. The van der Waals surface area contributed by atoms with Crippen molar-refractivity contribution in [3.05, 3.63) is 73.8 Å². The Morgan fingerprint density at radius 3 is 2.68 bits per heavy atom. The van der Waals surface area contributed by atoms with Crippen LogP contribution in [0.4, 0.5) is 5.95 Å². The third-order valence-electron chi connectivity index (χ3n) is 3.27. The van der Waals surface area contributed by atoms with Crippen LogP contribution in [0, 0.1) is 6.92 Å². The molecule has 0 atom stereocenters. The van der Waals surface area contributed by atoms with E-state index in [9.17, 15) is 4.79 Å². The molecule has 0 spiro atoms. The van der Waals surface area contributed by atoms with Gasteiger partial charge in [0.2, 0.25) is 5.95 Å². The van der Waals surface area contributed by atoms with Gasteiger partial charge in [0, 0.05) is 17.8 Å². The highest BCUT2D eigenvalue weighted by Crippen LogP contribution is 2.11. The normalized spacial score (nSPS) is 10.6. The summed E-state index contributed by atoms with van der Waals surface area (Å²) in [5, 5.41) is 13.1. The van der Waals surface area contributed by atoms with Gasteiger partial charge in [-0.05, 0) is 23.9 Å². The summed E-state index contributed by atoms with van der Waals surface area (Å²) in [6, 6.07) is 12.1. The molecule has 0 aliphatic carbocycles. The topological polar surface area (TPSA) is 70.7 Å². The van der Waals surface area contributed by atoms with Crippen LogP contribution in [0.2, 0.25) is 0 Å². The van der Waals surface area contributed by atoms with Crippen LogP contribution in [0.3, 0.4) is 0 Å². The van der Waals surface area contributed by atoms with Gasteiger partial charge >= 0.3 is 0 Å². The van der Waals surface area contributed by atoms with E-state index in [-0.39, 0.29) is 5.56 Å². The number of hydrogen-bond donors (Lipinski definition) is 2. The SMILES string of the molecule is Cc1ccc(CNc2nnc(Cc3cccs3)c(=O)[nH]2)cc1. The fraction of sp³-hybridized carbons (Fsp3) is 0.188. The first kappa shape index (κ1) is 14.5. The van der Waals surface area contributed by atoms with Gasteiger partial charge in [-0.1, -0.05) is 35.9 Å². The van der Waals surface area contributed by atoms with Crippen LogP contribution in [0.1, 0.15) is 21.7 Å². The fourth-order valence-electron chi connectivity index (χ4n) is 2.03. The molecule has 0 saturated carbocycles. The lowest BCUT2D eigenvalue weighted by Gasteiger charge is -2.05. The molecule has 2 heterocycles. The van der Waals surface area contributed by atoms with Gasteiger partial charge in [-0.3, -0.25) is 9.78 Å². The van der Waals surface area contributed by atoms with Gasteiger partial charge in [-0.15, -0.1) is 21.5 Å². The number of nitrogens with zero attached hydrogens (tertiary/aromatic N) is 2. The number of rotatable bonds is 5. The molecule has 6 heteroatoms. The molecule has 2 N–H and O–H groups in total. The lowest BCUT2D eigenvalue weighted by molar-refractivity contribution is 0.863. The Bertz CT molecular complexity index is 794. The quantitative estimate of drug-likeness (QED) is 0.760. The second kappa shape index (κ2) is 6.53. The van der Waals surface area contributed by atoms with Crippen molar-refractivity contribution in [2.45, 2.75) is 19.9 Å². The predicted molar refractivity (Wildman–Crippen MR) is 88.3 cm³/mol. The van der Waals surface area contributed by atoms with E-state index in [0.29, 0.717) is 24.6 Å². The number of aryl methyl sites for hydroxylation is 1. The number of aromatic nitrogens is 3. The molecular formula is C16H16N4OS. The summed E-state index contributed by atoms with van der Waals surface area (Å²) in [5.74, 6) is 0.389. The van der Waals surface area contributed by atoms with E-state index in [0.717, 1.165) is 10.4 Å². The second-order valence-electron chi connectivity index (χ2n) is 5.04. The van der Waals surface area contributed by atoms with Crippen molar-refractivity contribution < 1.29 is 0 Å². The first-order valence-electron chi connectivity index (χ1n) is 6.98. The molecule has 3 aromatic rings. The number of anilines is 1. The Morgan fingerprint density at radius 1 is 1.18 bits per heavy atom. The zero-order chi connectivity index (χ0) is 15.4. The van der Waals surface area contributed by atoms with Crippen molar-refractivity contribution in [2.75, 3.05) is 5.32 Å². The van der Waals surface area contributed by atoms with Gasteiger partial charge in [0.25, 0.3) is 5.56 Å². The number of H-pyrrole nitrogens is 1. The highest BCUT2D eigenvalue weighted by molar-refractivity contribution is 7.09. The van der Waals surface area contributed by atoms with Crippen LogP contribution in [0.15, 0.2) is 46.6 Å². The third kappa shape index (κ3) is 3.59. The summed E-state index contributed by atoms with van der Waals surface area (Å²) >= 11 is 1.60. The molecule has 0 unspecified atom stereocenters. The van der Waals surface area contributed by atoms with Gasteiger partial charge in [-0.2, -0.15) is 0 Å². The smallest absolute Gasteiger partial charge is 0.274 e. The third-order valence-corrected chi connectivity index (χ3v) is 4.14. The van der Waals surface area contributed by atoms with Crippen LogP contribution in [0.5, 0.6) is 0 Å². The maximum atomic E-state index is 12.0. The Hall–Kier alpha value is -2.47. The minimum Gasteiger partial charge on any atom is -0.350 e. The van der Waals surface area contributed by atoms with Crippen molar-refractivity contribution in [1.82, 2.24) is 15.2 Å². The Morgan fingerprint density at radius 2 is 2.00 bits per heavy atom. The molecule has 3 rings (SSSR count). The summed E-state index contributed by atoms with van der Waals surface area (Å²) in [4.78, 5) is 15.9. The van der Waals surface area contributed by atoms with Crippen LogP contribution in [0.25, 0.3) is 0 Å². The first-order valence-corrected chi connectivity index (χ1v) is 7.86. The maximum Gasteiger partial charge on any atom is 0.274 e. The second-order valence-corrected chi connectivity index (χ2v) is 6.08. The standard InChI is InChI=1S/C16H16N4OS/c1-11-4-6-12(7-5-11)10-17-16-18-15(21)14(19-20-16)9-13-3-2-8-22-13/h2-8H,9-10H2,1H3,(H2,17,18,20,21). The average molecular weight is 312 g/mol. The predicted octanol–water partition coefficient (Wildman–Crippen LogP) is 2.74. The molecule has 1 aromatic carbocycles. The molecule has 5 nitrogen and oxygen atoms in total. The van der Waals surface area contributed by atoms with E-state index in [2.05, 4.69) is 32.6 Å². The van der Waals surface area contributed by atoms with Gasteiger partial charge in [0.15, 0.2) is 0 Å².